The fourth-order valence-electron chi connectivity index (χ4n) is 2.84. The molecule has 0 radical (unpaired) electrons. The Bertz CT molecular complexity index is 1170. The number of carbonyl (C=O) groups is 1. The quantitative estimate of drug-likeness (QED) is 0.484. The first-order valence-electron chi connectivity index (χ1n) is 8.96. The second kappa shape index (κ2) is 8.30. The minimum Gasteiger partial charge on any atom is -0.340 e. The summed E-state index contributed by atoms with van der Waals surface area (Å²) in [6.45, 7) is 1.80. The summed E-state index contributed by atoms with van der Waals surface area (Å²) in [5.74, 6) is 0.616. The zero-order valence-corrected chi connectivity index (χ0v) is 16.6. The molecule has 1 amide bonds. The molecule has 2 aromatic carbocycles. The number of halogens is 2. The van der Waals surface area contributed by atoms with Crippen molar-refractivity contribution in [1.82, 2.24) is 19.5 Å². The van der Waals surface area contributed by atoms with E-state index in [0.717, 1.165) is 5.69 Å². The van der Waals surface area contributed by atoms with Gasteiger partial charge >= 0.3 is 0 Å². The Kier molecular flexibility index (Phi) is 5.40. The van der Waals surface area contributed by atoms with E-state index < -0.39 is 11.7 Å². The van der Waals surface area contributed by atoms with Gasteiger partial charge < -0.3 is 10.6 Å². The van der Waals surface area contributed by atoms with Gasteiger partial charge in [0.25, 0.3) is 5.91 Å². The molecule has 7 nitrogen and oxygen atoms in total. The van der Waals surface area contributed by atoms with Gasteiger partial charge in [0, 0.05) is 29.8 Å². The highest BCUT2D eigenvalue weighted by Gasteiger charge is 2.15. The number of rotatable bonds is 5. The molecule has 0 aliphatic rings. The fourth-order valence-corrected chi connectivity index (χ4v) is 3.08. The monoisotopic (exact) mass is 422 g/mol. The topological polar surface area (TPSA) is 84.7 Å². The van der Waals surface area contributed by atoms with Crippen LogP contribution in [0.3, 0.4) is 0 Å². The first-order chi connectivity index (χ1) is 14.5. The van der Waals surface area contributed by atoms with Crippen LogP contribution < -0.4 is 10.6 Å². The molecule has 4 aromatic rings. The van der Waals surface area contributed by atoms with E-state index in [1.807, 2.05) is 0 Å². The van der Waals surface area contributed by atoms with Crippen molar-refractivity contribution in [1.29, 1.82) is 0 Å². The zero-order valence-electron chi connectivity index (χ0n) is 15.8. The van der Waals surface area contributed by atoms with Gasteiger partial charge in [-0.25, -0.2) is 19.3 Å². The van der Waals surface area contributed by atoms with Gasteiger partial charge in [-0.05, 0) is 43.3 Å². The van der Waals surface area contributed by atoms with E-state index in [4.69, 9.17) is 11.6 Å². The van der Waals surface area contributed by atoms with Crippen LogP contribution in [-0.2, 0) is 0 Å². The van der Waals surface area contributed by atoms with Crippen LogP contribution in [0.5, 0.6) is 0 Å². The van der Waals surface area contributed by atoms with E-state index in [9.17, 15) is 9.18 Å². The van der Waals surface area contributed by atoms with E-state index in [0.29, 0.717) is 23.1 Å². The van der Waals surface area contributed by atoms with E-state index in [1.54, 1.807) is 60.5 Å². The van der Waals surface area contributed by atoms with Crippen LogP contribution in [0.4, 0.5) is 21.6 Å². The molecule has 0 aliphatic heterocycles. The lowest BCUT2D eigenvalue weighted by Crippen LogP contribution is -2.14. The molecule has 0 unspecified atom stereocenters. The smallest absolute Gasteiger partial charge is 0.260 e. The first-order valence-corrected chi connectivity index (χ1v) is 9.34. The normalized spacial score (nSPS) is 10.6. The summed E-state index contributed by atoms with van der Waals surface area (Å²) in [7, 11) is 0. The van der Waals surface area contributed by atoms with Gasteiger partial charge in [0.1, 0.15) is 29.6 Å². The predicted molar refractivity (Wildman–Crippen MR) is 113 cm³/mol. The number of hydrogen-bond donors (Lipinski definition) is 2. The maximum atomic E-state index is 13.9. The molecule has 0 saturated heterocycles. The molecule has 2 aromatic heterocycles. The molecule has 0 bridgehead atoms. The van der Waals surface area contributed by atoms with Crippen LogP contribution >= 0.6 is 11.6 Å². The summed E-state index contributed by atoms with van der Waals surface area (Å²) in [5.41, 5.74) is 1.07. The number of nitrogens with one attached hydrogen (secondary N) is 2. The van der Waals surface area contributed by atoms with Crippen molar-refractivity contribution in [3.05, 3.63) is 89.5 Å². The van der Waals surface area contributed by atoms with Gasteiger partial charge in [-0.3, -0.25) is 9.36 Å². The number of amides is 1. The predicted octanol–water partition coefficient (Wildman–Crippen LogP) is 4.76. The number of carbonyl (C=O) groups excluding carboxylic acids is 1. The number of benzene rings is 2. The molecule has 150 valence electrons. The summed E-state index contributed by atoms with van der Waals surface area (Å²) in [5, 5.41) is 5.89. The van der Waals surface area contributed by atoms with E-state index >= 15 is 0 Å². The Morgan fingerprint density at radius 3 is 2.57 bits per heavy atom. The summed E-state index contributed by atoms with van der Waals surface area (Å²) in [6.07, 6.45) is 5.13. The maximum absolute atomic E-state index is 13.9. The van der Waals surface area contributed by atoms with Crippen molar-refractivity contribution >= 4 is 34.7 Å². The maximum Gasteiger partial charge on any atom is 0.260 e. The number of imidazole rings is 1. The molecule has 2 heterocycles. The summed E-state index contributed by atoms with van der Waals surface area (Å²) < 4.78 is 15.7. The number of nitrogens with zero attached hydrogens (tertiary/aromatic N) is 4. The van der Waals surface area contributed by atoms with Gasteiger partial charge in [-0.2, -0.15) is 0 Å². The number of anilines is 3. The molecule has 0 saturated carbocycles. The second-order valence-electron chi connectivity index (χ2n) is 6.38. The Labute approximate surface area is 176 Å². The highest BCUT2D eigenvalue weighted by molar-refractivity contribution is 6.34. The molecule has 0 atom stereocenters. The standard InChI is InChI=1S/C21H16ClFN6O/c1-13-25-18(11-19(26-13)29-10-9-24-12-29)27-14-5-7-15(8-6-14)28-21(30)20-16(22)3-2-4-17(20)23/h2-12H,1H3,(H,28,30)(H,25,26,27). The van der Waals surface area contributed by atoms with Gasteiger partial charge in [0.2, 0.25) is 0 Å². The number of hydrogen-bond acceptors (Lipinski definition) is 5. The lowest BCUT2D eigenvalue weighted by atomic mass is 10.2. The Morgan fingerprint density at radius 2 is 1.87 bits per heavy atom. The van der Waals surface area contributed by atoms with Crippen molar-refractivity contribution in [2.75, 3.05) is 10.6 Å². The average molecular weight is 423 g/mol. The van der Waals surface area contributed by atoms with Crippen LogP contribution in [0, 0.1) is 12.7 Å². The molecule has 0 fully saturated rings. The Hall–Kier alpha value is -3.78. The van der Waals surface area contributed by atoms with Gasteiger partial charge in [-0.15, -0.1) is 0 Å². The zero-order chi connectivity index (χ0) is 21.1. The minimum absolute atomic E-state index is 0.0543. The number of aryl methyl sites for hydroxylation is 1. The molecular formula is C21H16ClFN6O. The lowest BCUT2D eigenvalue weighted by Gasteiger charge is -2.11. The van der Waals surface area contributed by atoms with Crippen molar-refractivity contribution in [3.8, 4) is 5.82 Å². The second-order valence-corrected chi connectivity index (χ2v) is 6.79. The van der Waals surface area contributed by atoms with Crippen LogP contribution in [0.15, 0.2) is 67.3 Å². The van der Waals surface area contributed by atoms with Gasteiger partial charge in [0.05, 0.1) is 10.6 Å². The molecule has 4 rings (SSSR count). The summed E-state index contributed by atoms with van der Waals surface area (Å²) >= 11 is 5.94. The molecule has 2 N–H and O–H groups in total. The Balaban J connectivity index is 1.49. The van der Waals surface area contributed by atoms with Crippen LogP contribution in [0.25, 0.3) is 5.82 Å². The van der Waals surface area contributed by atoms with Crippen molar-refractivity contribution in [3.63, 3.8) is 0 Å². The third-order valence-electron chi connectivity index (χ3n) is 4.20. The van der Waals surface area contributed by atoms with Crippen molar-refractivity contribution < 1.29 is 9.18 Å². The van der Waals surface area contributed by atoms with Gasteiger partial charge in [0.15, 0.2) is 0 Å². The minimum atomic E-state index is -0.675. The highest BCUT2D eigenvalue weighted by atomic mass is 35.5. The highest BCUT2D eigenvalue weighted by Crippen LogP contribution is 2.22. The lowest BCUT2D eigenvalue weighted by molar-refractivity contribution is 0.102. The van der Waals surface area contributed by atoms with Crippen molar-refractivity contribution in [2.24, 2.45) is 0 Å². The Morgan fingerprint density at radius 1 is 1.10 bits per heavy atom. The average Bonchev–Trinajstić information content (AvgIpc) is 3.24. The molecule has 30 heavy (non-hydrogen) atoms. The van der Waals surface area contributed by atoms with Crippen LogP contribution in [-0.4, -0.2) is 25.4 Å². The summed E-state index contributed by atoms with van der Waals surface area (Å²) in [6, 6.07) is 12.8. The van der Waals surface area contributed by atoms with E-state index in [-0.39, 0.29) is 10.6 Å². The first kappa shape index (κ1) is 19.5. The van der Waals surface area contributed by atoms with E-state index in [2.05, 4.69) is 25.6 Å². The molecule has 0 aliphatic carbocycles. The number of aromatic nitrogens is 4. The van der Waals surface area contributed by atoms with Crippen LogP contribution in [0.1, 0.15) is 16.2 Å². The van der Waals surface area contributed by atoms with Crippen LogP contribution in [0.2, 0.25) is 5.02 Å². The van der Waals surface area contributed by atoms with Gasteiger partial charge in [-0.1, -0.05) is 17.7 Å². The SMILES string of the molecule is Cc1nc(Nc2ccc(NC(=O)c3c(F)cccc3Cl)cc2)cc(-n2ccnc2)n1. The third-order valence-corrected chi connectivity index (χ3v) is 4.51. The largest absolute Gasteiger partial charge is 0.340 e. The summed E-state index contributed by atoms with van der Waals surface area (Å²) in [4.78, 5) is 25.1. The van der Waals surface area contributed by atoms with E-state index in [1.165, 1.54) is 18.2 Å². The molecule has 9 heteroatoms. The molecule has 0 spiro atoms. The van der Waals surface area contributed by atoms with Crippen molar-refractivity contribution in [2.45, 2.75) is 6.92 Å². The fraction of sp³-hybridized carbons (Fsp3) is 0.0476. The molecular weight excluding hydrogens is 407 g/mol. The third kappa shape index (κ3) is 4.28.